The molecule has 0 amide bonds. The molecule has 15 heavy (non-hydrogen) atoms. The van der Waals surface area contributed by atoms with Crippen LogP contribution < -0.4 is 0 Å². The van der Waals surface area contributed by atoms with Crippen molar-refractivity contribution in [1.29, 1.82) is 5.26 Å². The number of ether oxygens (including phenoxy) is 1. The number of nitrogens with zero attached hydrogens (tertiary/aromatic N) is 1. The minimum Gasteiger partial charge on any atom is -0.465 e. The molecule has 5 heteroatoms. The molecule has 1 aromatic carbocycles. The lowest BCUT2D eigenvalue weighted by Crippen LogP contribution is -2.06. The van der Waals surface area contributed by atoms with E-state index >= 15 is 0 Å². The first-order valence-corrected chi connectivity index (χ1v) is 4.39. The zero-order chi connectivity index (χ0) is 11.4. The van der Waals surface area contributed by atoms with Gasteiger partial charge in [0.2, 0.25) is 0 Å². The Labute approximate surface area is 91.9 Å². The van der Waals surface area contributed by atoms with E-state index in [2.05, 4.69) is 17.4 Å². The van der Waals surface area contributed by atoms with Gasteiger partial charge < -0.3 is 4.74 Å². The molecule has 0 bridgehead atoms. The molecule has 4 nitrogen and oxygen atoms in total. The first-order valence-electron chi connectivity index (χ1n) is 3.94. The smallest absolute Gasteiger partial charge is 0.340 e. The molecule has 0 fully saturated rings. The highest BCUT2D eigenvalue weighted by Crippen LogP contribution is 2.20. The SMILES string of the molecule is COC(=O)c1c(S)cc(C=O)cc1C#N. The van der Waals surface area contributed by atoms with E-state index in [1.807, 2.05) is 6.07 Å². The number of benzene rings is 1. The number of esters is 1. The molecule has 0 unspecified atom stereocenters. The van der Waals surface area contributed by atoms with Crippen LogP contribution in [-0.4, -0.2) is 19.4 Å². The van der Waals surface area contributed by atoms with Gasteiger partial charge in [0.05, 0.1) is 18.2 Å². The molecule has 0 atom stereocenters. The lowest BCUT2D eigenvalue weighted by atomic mass is 10.1. The molecule has 0 heterocycles. The van der Waals surface area contributed by atoms with Gasteiger partial charge in [-0.15, -0.1) is 12.6 Å². The van der Waals surface area contributed by atoms with Crippen molar-refractivity contribution in [2.45, 2.75) is 4.90 Å². The number of thiol groups is 1. The Hall–Kier alpha value is -1.80. The largest absolute Gasteiger partial charge is 0.465 e. The van der Waals surface area contributed by atoms with Crippen LogP contribution in [0.15, 0.2) is 17.0 Å². The van der Waals surface area contributed by atoms with Gasteiger partial charge in [0.1, 0.15) is 12.4 Å². The normalized spacial score (nSPS) is 9.13. The van der Waals surface area contributed by atoms with Crippen molar-refractivity contribution < 1.29 is 14.3 Å². The van der Waals surface area contributed by atoms with Gasteiger partial charge in [-0.25, -0.2) is 4.79 Å². The summed E-state index contributed by atoms with van der Waals surface area (Å²) in [5.41, 5.74) is 0.453. The molecule has 0 aromatic heterocycles. The van der Waals surface area contributed by atoms with Crippen LogP contribution in [0.1, 0.15) is 26.3 Å². The van der Waals surface area contributed by atoms with Crippen LogP contribution in [0.4, 0.5) is 0 Å². The summed E-state index contributed by atoms with van der Waals surface area (Å²) < 4.78 is 4.51. The van der Waals surface area contributed by atoms with Crippen molar-refractivity contribution in [2.75, 3.05) is 7.11 Å². The highest BCUT2D eigenvalue weighted by molar-refractivity contribution is 7.80. The zero-order valence-corrected chi connectivity index (χ0v) is 8.75. The van der Waals surface area contributed by atoms with Crippen molar-refractivity contribution in [3.05, 3.63) is 28.8 Å². The van der Waals surface area contributed by atoms with E-state index in [1.54, 1.807) is 0 Å². The third-order valence-electron chi connectivity index (χ3n) is 1.79. The van der Waals surface area contributed by atoms with Crippen molar-refractivity contribution in [1.82, 2.24) is 0 Å². The first kappa shape index (κ1) is 11.3. The van der Waals surface area contributed by atoms with Gasteiger partial charge in [0, 0.05) is 10.5 Å². The number of nitriles is 1. The molecule has 0 radical (unpaired) electrons. The van der Waals surface area contributed by atoms with Gasteiger partial charge in [-0.1, -0.05) is 0 Å². The van der Waals surface area contributed by atoms with Crippen LogP contribution in [0.25, 0.3) is 0 Å². The molecule has 0 aliphatic rings. The molecule has 0 aliphatic carbocycles. The van der Waals surface area contributed by atoms with Crippen molar-refractivity contribution in [3.63, 3.8) is 0 Å². The average molecular weight is 221 g/mol. The van der Waals surface area contributed by atoms with Gasteiger partial charge in [-0.3, -0.25) is 4.79 Å². The second-order valence-corrected chi connectivity index (χ2v) is 3.17. The molecule has 76 valence electrons. The number of methoxy groups -OCH3 is 1. The fourth-order valence-electron chi connectivity index (χ4n) is 1.12. The minimum absolute atomic E-state index is 0.0777. The summed E-state index contributed by atoms with van der Waals surface area (Å²) in [7, 11) is 1.21. The number of hydrogen-bond donors (Lipinski definition) is 1. The summed E-state index contributed by atoms with van der Waals surface area (Å²) in [6.45, 7) is 0. The van der Waals surface area contributed by atoms with E-state index < -0.39 is 5.97 Å². The molecule has 0 aliphatic heterocycles. The van der Waals surface area contributed by atoms with Gasteiger partial charge in [-0.05, 0) is 12.1 Å². The highest BCUT2D eigenvalue weighted by atomic mass is 32.1. The molecule has 0 saturated carbocycles. The fraction of sp³-hybridized carbons (Fsp3) is 0.100. The molecule has 1 rings (SSSR count). The van der Waals surface area contributed by atoms with Gasteiger partial charge >= 0.3 is 5.97 Å². The number of carbonyl (C=O) groups excluding carboxylic acids is 2. The lowest BCUT2D eigenvalue weighted by Gasteiger charge is -2.05. The van der Waals surface area contributed by atoms with Crippen LogP contribution in [0.3, 0.4) is 0 Å². The van der Waals surface area contributed by atoms with Crippen molar-refractivity contribution >= 4 is 24.9 Å². The molecule has 0 N–H and O–H groups in total. The van der Waals surface area contributed by atoms with Gasteiger partial charge in [0.15, 0.2) is 0 Å². The summed E-state index contributed by atoms with van der Waals surface area (Å²) >= 11 is 4.03. The Morgan fingerprint density at radius 1 is 1.60 bits per heavy atom. The van der Waals surface area contributed by atoms with Gasteiger partial charge in [0.25, 0.3) is 0 Å². The van der Waals surface area contributed by atoms with Crippen LogP contribution >= 0.6 is 12.6 Å². The molecular formula is C10H7NO3S. The third-order valence-corrected chi connectivity index (χ3v) is 2.14. The molecule has 0 saturated heterocycles. The van der Waals surface area contributed by atoms with Crippen LogP contribution in [0.5, 0.6) is 0 Å². The summed E-state index contributed by atoms with van der Waals surface area (Å²) in [6, 6.07) is 4.54. The maximum atomic E-state index is 11.3. The quantitative estimate of drug-likeness (QED) is 0.466. The van der Waals surface area contributed by atoms with E-state index in [4.69, 9.17) is 5.26 Å². The minimum atomic E-state index is -0.644. The Kier molecular flexibility index (Phi) is 3.47. The third kappa shape index (κ3) is 2.17. The monoisotopic (exact) mass is 221 g/mol. The van der Waals surface area contributed by atoms with Crippen molar-refractivity contribution in [3.8, 4) is 6.07 Å². The first-order chi connectivity index (χ1) is 7.13. The summed E-state index contributed by atoms with van der Waals surface area (Å²) in [4.78, 5) is 22.1. The van der Waals surface area contributed by atoms with E-state index in [1.165, 1.54) is 19.2 Å². The van der Waals surface area contributed by atoms with E-state index in [-0.39, 0.29) is 16.0 Å². The lowest BCUT2D eigenvalue weighted by molar-refractivity contribution is 0.0596. The van der Waals surface area contributed by atoms with Crippen LogP contribution in [-0.2, 0) is 4.74 Å². The Morgan fingerprint density at radius 2 is 2.27 bits per heavy atom. The average Bonchev–Trinajstić information content (AvgIpc) is 2.26. The second kappa shape index (κ2) is 4.62. The number of rotatable bonds is 2. The Morgan fingerprint density at radius 3 is 2.73 bits per heavy atom. The maximum Gasteiger partial charge on any atom is 0.340 e. The number of carbonyl (C=O) groups is 2. The van der Waals surface area contributed by atoms with Crippen molar-refractivity contribution in [2.24, 2.45) is 0 Å². The van der Waals surface area contributed by atoms with E-state index in [0.29, 0.717) is 11.8 Å². The number of hydrogen-bond acceptors (Lipinski definition) is 5. The standard InChI is InChI=1S/C10H7NO3S/c1-14-10(13)9-7(4-11)2-6(5-12)3-8(9)15/h2-3,5,15H,1H3. The van der Waals surface area contributed by atoms with E-state index in [0.717, 1.165) is 0 Å². The maximum absolute atomic E-state index is 11.3. The Bertz CT molecular complexity index is 462. The summed E-state index contributed by atoms with van der Waals surface area (Å²) in [6.07, 6.45) is 0.585. The fourth-order valence-corrected chi connectivity index (χ4v) is 1.48. The molecule has 1 aromatic rings. The predicted molar refractivity (Wildman–Crippen MR) is 55.1 cm³/mol. The Balaban J connectivity index is 3.45. The van der Waals surface area contributed by atoms with Crippen LogP contribution in [0, 0.1) is 11.3 Å². The topological polar surface area (TPSA) is 67.2 Å². The summed E-state index contributed by atoms with van der Waals surface area (Å²) in [5.74, 6) is -0.644. The number of aldehydes is 1. The summed E-state index contributed by atoms with van der Waals surface area (Å²) in [5, 5.41) is 8.80. The van der Waals surface area contributed by atoms with Crippen LogP contribution in [0.2, 0.25) is 0 Å². The predicted octanol–water partition coefficient (Wildman–Crippen LogP) is 1.45. The highest BCUT2D eigenvalue weighted by Gasteiger charge is 2.16. The second-order valence-electron chi connectivity index (χ2n) is 2.68. The molecular weight excluding hydrogens is 214 g/mol. The zero-order valence-electron chi connectivity index (χ0n) is 7.85. The van der Waals surface area contributed by atoms with E-state index in [9.17, 15) is 9.59 Å². The van der Waals surface area contributed by atoms with Gasteiger partial charge in [-0.2, -0.15) is 5.26 Å². The molecule has 0 spiro atoms.